The number of nitrogens with zero attached hydrogens (tertiary/aromatic N) is 2. The van der Waals surface area contributed by atoms with Crippen molar-refractivity contribution < 1.29 is 23.9 Å². The zero-order valence-corrected chi connectivity index (χ0v) is 8.95. The zero-order valence-electron chi connectivity index (χ0n) is 8.95. The predicted molar refractivity (Wildman–Crippen MR) is 51.2 cm³/mol. The molecule has 0 aromatic carbocycles. The Morgan fingerprint density at radius 1 is 1.25 bits per heavy atom. The van der Waals surface area contributed by atoms with Crippen molar-refractivity contribution in [3.8, 4) is 0 Å². The molecule has 3 rings (SSSR count). The maximum atomic E-state index is 11.4. The Kier molecular flexibility index (Phi) is 2.69. The first-order chi connectivity index (χ1) is 7.67. The molecule has 3 heterocycles. The molecule has 0 aromatic rings. The maximum Gasteiger partial charge on any atom is 0.434 e. The average Bonchev–Trinajstić information content (AvgIpc) is 2.37. The molecule has 88 valence electrons. The molecule has 0 spiro atoms. The van der Waals surface area contributed by atoms with Crippen LogP contribution in [0.3, 0.4) is 0 Å². The Bertz CT molecular complexity index is 311. The van der Waals surface area contributed by atoms with Crippen LogP contribution in [-0.4, -0.2) is 55.2 Å². The number of hydroxylamine groups is 2. The summed E-state index contributed by atoms with van der Waals surface area (Å²) in [5.74, 6) is 0. The van der Waals surface area contributed by atoms with Crippen LogP contribution in [0, 0.1) is 0 Å². The van der Waals surface area contributed by atoms with Gasteiger partial charge in [-0.3, -0.25) is 4.90 Å². The van der Waals surface area contributed by atoms with E-state index in [-0.39, 0.29) is 6.04 Å². The summed E-state index contributed by atoms with van der Waals surface area (Å²) < 4.78 is 9.16. The highest BCUT2D eigenvalue weighted by Gasteiger charge is 2.42. The van der Waals surface area contributed by atoms with Gasteiger partial charge in [-0.25, -0.2) is 14.4 Å². The number of hydrogen-bond donors (Lipinski definition) is 0. The molecule has 0 radical (unpaired) electrons. The highest BCUT2D eigenvalue weighted by atomic mass is 16.7. The second kappa shape index (κ2) is 4.01. The van der Waals surface area contributed by atoms with Gasteiger partial charge in [0.05, 0.1) is 26.8 Å². The van der Waals surface area contributed by atoms with Crippen LogP contribution in [0.5, 0.6) is 0 Å². The minimum atomic E-state index is -0.614. The summed E-state index contributed by atoms with van der Waals surface area (Å²) in [6.45, 7) is 0.336. The van der Waals surface area contributed by atoms with Gasteiger partial charge in [-0.05, 0) is 6.08 Å². The van der Waals surface area contributed by atoms with Crippen LogP contribution >= 0.6 is 0 Å². The Balaban J connectivity index is 2.11. The third-order valence-corrected chi connectivity index (χ3v) is 2.48. The van der Waals surface area contributed by atoms with Gasteiger partial charge in [0.1, 0.15) is 0 Å². The van der Waals surface area contributed by atoms with Gasteiger partial charge in [0.15, 0.2) is 6.23 Å². The fourth-order valence-corrected chi connectivity index (χ4v) is 1.70. The lowest BCUT2D eigenvalue weighted by atomic mass is 10.1. The topological polar surface area (TPSA) is 68.3 Å². The molecular weight excluding hydrogens is 216 g/mol. The van der Waals surface area contributed by atoms with E-state index in [0.717, 1.165) is 5.06 Å². The lowest BCUT2D eigenvalue weighted by molar-refractivity contribution is -0.247. The quantitative estimate of drug-likeness (QED) is 0.559. The SMILES string of the molecule is COC(=O)N1CC2C=CC1ON2C(=O)OC. The van der Waals surface area contributed by atoms with Crippen molar-refractivity contribution in [2.75, 3.05) is 20.8 Å². The van der Waals surface area contributed by atoms with Crippen LogP contribution in [0.1, 0.15) is 0 Å². The van der Waals surface area contributed by atoms with E-state index in [1.807, 2.05) is 0 Å². The molecule has 16 heavy (non-hydrogen) atoms. The number of carbonyl (C=O) groups excluding carboxylic acids is 2. The van der Waals surface area contributed by atoms with Gasteiger partial charge in [-0.1, -0.05) is 6.08 Å². The lowest BCUT2D eigenvalue weighted by Crippen LogP contribution is -2.61. The van der Waals surface area contributed by atoms with E-state index in [1.54, 1.807) is 12.2 Å². The molecule has 0 aliphatic carbocycles. The molecule has 3 aliphatic rings. The van der Waals surface area contributed by atoms with Crippen LogP contribution in [-0.2, 0) is 14.3 Å². The smallest absolute Gasteiger partial charge is 0.434 e. The summed E-state index contributed by atoms with van der Waals surface area (Å²) in [7, 11) is 2.57. The number of methoxy groups -OCH3 is 2. The Labute approximate surface area is 92.1 Å². The fraction of sp³-hybridized carbons (Fsp3) is 0.556. The molecular formula is C9H12N2O5. The molecule has 7 nitrogen and oxygen atoms in total. The van der Waals surface area contributed by atoms with E-state index in [1.165, 1.54) is 19.1 Å². The van der Waals surface area contributed by atoms with Crippen molar-refractivity contribution in [3.63, 3.8) is 0 Å². The number of fused-ring (bicyclic) bond motifs is 2. The van der Waals surface area contributed by atoms with Gasteiger partial charge < -0.3 is 9.47 Å². The van der Waals surface area contributed by atoms with Gasteiger partial charge in [0, 0.05) is 0 Å². The first kappa shape index (κ1) is 10.7. The van der Waals surface area contributed by atoms with Crippen molar-refractivity contribution in [3.05, 3.63) is 12.2 Å². The molecule has 2 atom stereocenters. The second-order valence-electron chi connectivity index (χ2n) is 3.37. The van der Waals surface area contributed by atoms with E-state index < -0.39 is 18.4 Å². The average molecular weight is 228 g/mol. The molecule has 2 unspecified atom stereocenters. The lowest BCUT2D eigenvalue weighted by Gasteiger charge is -2.44. The normalized spacial score (nSPS) is 26.9. The first-order valence-corrected chi connectivity index (χ1v) is 4.74. The van der Waals surface area contributed by atoms with E-state index >= 15 is 0 Å². The molecule has 2 bridgehead atoms. The van der Waals surface area contributed by atoms with E-state index in [2.05, 4.69) is 9.47 Å². The minimum Gasteiger partial charge on any atom is -0.453 e. The number of hydrogen-bond acceptors (Lipinski definition) is 5. The van der Waals surface area contributed by atoms with Crippen molar-refractivity contribution in [1.82, 2.24) is 9.96 Å². The largest absolute Gasteiger partial charge is 0.453 e. The number of carbonyl (C=O) groups is 2. The summed E-state index contributed by atoms with van der Waals surface area (Å²) in [6, 6.07) is -0.337. The monoisotopic (exact) mass is 228 g/mol. The molecule has 7 heteroatoms. The summed E-state index contributed by atoms with van der Waals surface area (Å²) in [5.41, 5.74) is 0. The van der Waals surface area contributed by atoms with Crippen LogP contribution < -0.4 is 0 Å². The van der Waals surface area contributed by atoms with Gasteiger partial charge in [-0.15, -0.1) is 0 Å². The molecule has 0 N–H and O–H groups in total. The molecule has 1 saturated heterocycles. The molecule has 0 saturated carbocycles. The fourth-order valence-electron chi connectivity index (χ4n) is 1.70. The third-order valence-electron chi connectivity index (χ3n) is 2.48. The second-order valence-corrected chi connectivity index (χ2v) is 3.37. The van der Waals surface area contributed by atoms with Crippen molar-refractivity contribution in [2.24, 2.45) is 0 Å². The van der Waals surface area contributed by atoms with Gasteiger partial charge in [-0.2, -0.15) is 5.06 Å². The Morgan fingerprint density at radius 2 is 1.94 bits per heavy atom. The van der Waals surface area contributed by atoms with Crippen molar-refractivity contribution in [2.45, 2.75) is 12.3 Å². The highest BCUT2D eigenvalue weighted by molar-refractivity contribution is 5.70. The predicted octanol–water partition coefficient (Wildman–Crippen LogP) is 0.333. The molecule has 3 aliphatic heterocycles. The van der Waals surface area contributed by atoms with Crippen molar-refractivity contribution in [1.29, 1.82) is 0 Å². The van der Waals surface area contributed by atoms with Crippen LogP contribution in [0.2, 0.25) is 0 Å². The van der Waals surface area contributed by atoms with Crippen molar-refractivity contribution >= 4 is 12.2 Å². The summed E-state index contributed by atoms with van der Waals surface area (Å²) in [4.78, 5) is 29.3. The van der Waals surface area contributed by atoms with E-state index in [9.17, 15) is 9.59 Å². The zero-order chi connectivity index (χ0) is 11.7. The van der Waals surface area contributed by atoms with E-state index in [4.69, 9.17) is 4.84 Å². The molecule has 2 amide bonds. The number of amides is 2. The number of rotatable bonds is 0. The summed E-state index contributed by atoms with van der Waals surface area (Å²) in [6.07, 6.45) is 1.82. The summed E-state index contributed by atoms with van der Waals surface area (Å²) in [5, 5.41) is 1.12. The standard InChI is InChI=1S/C9H12N2O5/c1-14-8(12)10-5-6-3-4-7(10)16-11(6)9(13)15-2/h3-4,6-7H,5H2,1-2H3. The van der Waals surface area contributed by atoms with E-state index in [0.29, 0.717) is 6.54 Å². The maximum absolute atomic E-state index is 11.4. The first-order valence-electron chi connectivity index (χ1n) is 4.74. The minimum absolute atomic E-state index is 0.336. The Hall–Kier alpha value is -1.76. The highest BCUT2D eigenvalue weighted by Crippen LogP contribution is 2.25. The molecule has 1 fully saturated rings. The van der Waals surface area contributed by atoms with Crippen LogP contribution in [0.15, 0.2) is 12.2 Å². The van der Waals surface area contributed by atoms with Gasteiger partial charge >= 0.3 is 12.2 Å². The van der Waals surface area contributed by atoms with Gasteiger partial charge in [0.25, 0.3) is 0 Å². The number of ether oxygens (including phenoxy) is 2. The summed E-state index contributed by atoms with van der Waals surface area (Å²) >= 11 is 0. The van der Waals surface area contributed by atoms with Crippen LogP contribution in [0.25, 0.3) is 0 Å². The van der Waals surface area contributed by atoms with Gasteiger partial charge in [0.2, 0.25) is 0 Å². The third kappa shape index (κ3) is 1.58. The van der Waals surface area contributed by atoms with Crippen LogP contribution in [0.4, 0.5) is 9.59 Å². The Morgan fingerprint density at radius 3 is 2.44 bits per heavy atom. The molecule has 0 aromatic heterocycles.